The molecule has 36 heavy (non-hydrogen) atoms. The summed E-state index contributed by atoms with van der Waals surface area (Å²) in [6.07, 6.45) is 2.16. The highest BCUT2D eigenvalue weighted by Crippen LogP contribution is 2.35. The van der Waals surface area contributed by atoms with Gasteiger partial charge in [0.2, 0.25) is 11.8 Å². The van der Waals surface area contributed by atoms with E-state index in [1.165, 1.54) is 11.8 Å². The Labute approximate surface area is 212 Å². The summed E-state index contributed by atoms with van der Waals surface area (Å²) in [5.74, 6) is 0.946. The number of fused-ring (bicyclic) bond motifs is 2. The van der Waals surface area contributed by atoms with Crippen LogP contribution in [0.15, 0.2) is 47.5 Å². The van der Waals surface area contributed by atoms with Gasteiger partial charge < -0.3 is 25.0 Å². The Morgan fingerprint density at radius 1 is 1.22 bits per heavy atom. The fourth-order valence-electron chi connectivity index (χ4n) is 4.88. The smallest absolute Gasteiger partial charge is 0.414 e. The number of nitrogens with one attached hydrogen (secondary N) is 2. The minimum absolute atomic E-state index is 0.0315. The summed E-state index contributed by atoms with van der Waals surface area (Å²) in [5.41, 5.74) is 4.17. The first-order valence-electron chi connectivity index (χ1n) is 11.9. The first kappa shape index (κ1) is 22.9. The third kappa shape index (κ3) is 4.40. The average Bonchev–Trinajstić information content (AvgIpc) is 3.52. The molecule has 11 heteroatoms. The number of amides is 2. The topological polar surface area (TPSA) is 109 Å². The highest BCUT2D eigenvalue weighted by Gasteiger charge is 2.34. The molecule has 2 aromatic heterocycles. The second-order valence-corrected chi connectivity index (χ2v) is 10.0. The van der Waals surface area contributed by atoms with Gasteiger partial charge in [-0.1, -0.05) is 0 Å². The molecule has 2 fully saturated rings. The molecule has 3 aromatic rings. The zero-order valence-corrected chi connectivity index (χ0v) is 20.6. The average molecular weight is 507 g/mol. The first-order chi connectivity index (χ1) is 17.6. The Kier molecular flexibility index (Phi) is 6.02. The van der Waals surface area contributed by atoms with Gasteiger partial charge in [0.05, 0.1) is 36.3 Å². The number of hydrogen-bond acceptors (Lipinski definition) is 9. The third-order valence-electron chi connectivity index (χ3n) is 6.69. The maximum Gasteiger partial charge on any atom is 0.414 e. The molecular weight excluding hydrogens is 480 g/mol. The van der Waals surface area contributed by atoms with Crippen LogP contribution >= 0.6 is 11.8 Å². The van der Waals surface area contributed by atoms with Crippen molar-refractivity contribution in [2.75, 3.05) is 54.2 Å². The number of ether oxygens (including phenoxy) is 2. The van der Waals surface area contributed by atoms with E-state index in [4.69, 9.17) is 9.47 Å². The molecule has 0 saturated carbocycles. The van der Waals surface area contributed by atoms with E-state index in [0.717, 1.165) is 52.5 Å². The molecule has 3 aliphatic rings. The van der Waals surface area contributed by atoms with Crippen LogP contribution in [-0.4, -0.2) is 73.2 Å². The minimum atomic E-state index is -0.368. The lowest BCUT2D eigenvalue weighted by Gasteiger charge is -2.21. The summed E-state index contributed by atoms with van der Waals surface area (Å²) in [7, 11) is 1.61. The van der Waals surface area contributed by atoms with E-state index in [0.29, 0.717) is 24.7 Å². The van der Waals surface area contributed by atoms with Crippen molar-refractivity contribution in [3.63, 3.8) is 0 Å². The van der Waals surface area contributed by atoms with E-state index < -0.39 is 0 Å². The summed E-state index contributed by atoms with van der Waals surface area (Å²) in [6.45, 7) is 2.75. The van der Waals surface area contributed by atoms with E-state index in [2.05, 4.69) is 25.5 Å². The van der Waals surface area contributed by atoms with Crippen LogP contribution in [0.4, 0.5) is 21.9 Å². The van der Waals surface area contributed by atoms with Crippen molar-refractivity contribution >= 4 is 51.9 Å². The lowest BCUT2D eigenvalue weighted by atomic mass is 10.2. The molecule has 186 valence electrons. The van der Waals surface area contributed by atoms with Gasteiger partial charge in [-0.3, -0.25) is 14.7 Å². The quantitative estimate of drug-likeness (QED) is 0.522. The molecule has 2 amide bonds. The fraction of sp³-hybridized carbons (Fsp3) is 0.360. The lowest BCUT2D eigenvalue weighted by molar-refractivity contribution is -0.113. The van der Waals surface area contributed by atoms with Gasteiger partial charge in [0.25, 0.3) is 0 Å². The van der Waals surface area contributed by atoms with E-state index >= 15 is 0 Å². The predicted octanol–water partition coefficient (Wildman–Crippen LogP) is 2.88. The van der Waals surface area contributed by atoms with E-state index in [1.54, 1.807) is 12.0 Å². The number of rotatable bonds is 6. The molecule has 6 rings (SSSR count). The molecule has 2 N–H and O–H groups in total. The molecule has 0 spiro atoms. The van der Waals surface area contributed by atoms with Gasteiger partial charge in [0, 0.05) is 48.5 Å². The Morgan fingerprint density at radius 2 is 2.14 bits per heavy atom. The van der Waals surface area contributed by atoms with Crippen LogP contribution < -0.4 is 25.2 Å². The molecule has 2 atom stereocenters. The van der Waals surface area contributed by atoms with Gasteiger partial charge in [0.15, 0.2) is 0 Å². The van der Waals surface area contributed by atoms with Gasteiger partial charge in [0.1, 0.15) is 11.6 Å². The maximum atomic E-state index is 12.6. The van der Waals surface area contributed by atoms with Crippen LogP contribution in [0.3, 0.4) is 0 Å². The highest BCUT2D eigenvalue weighted by atomic mass is 32.2. The van der Waals surface area contributed by atoms with Crippen molar-refractivity contribution in [1.29, 1.82) is 0 Å². The predicted molar refractivity (Wildman–Crippen MR) is 138 cm³/mol. The van der Waals surface area contributed by atoms with Gasteiger partial charge in [-0.25, -0.2) is 9.78 Å². The number of hydrogen-bond donors (Lipinski definition) is 2. The van der Waals surface area contributed by atoms with Crippen molar-refractivity contribution in [3.05, 3.63) is 42.6 Å². The van der Waals surface area contributed by atoms with Crippen LogP contribution in [0, 0.1) is 0 Å². The maximum absolute atomic E-state index is 12.6. The number of anilines is 3. The van der Waals surface area contributed by atoms with Crippen LogP contribution in [-0.2, 0) is 9.53 Å². The SMILES string of the molecule is COc1ccc2nccc(N3CC[C@@H](NC[C@@H]4CN(c5ccc6c(c5)NC(=O)CS6)C(=O)O4)C3)c2n1. The lowest BCUT2D eigenvalue weighted by Crippen LogP contribution is -2.39. The molecule has 0 unspecified atom stereocenters. The molecule has 1 aromatic carbocycles. The summed E-state index contributed by atoms with van der Waals surface area (Å²) in [5, 5.41) is 6.45. The van der Waals surface area contributed by atoms with Crippen molar-refractivity contribution in [1.82, 2.24) is 15.3 Å². The van der Waals surface area contributed by atoms with Crippen molar-refractivity contribution < 1.29 is 19.1 Å². The van der Waals surface area contributed by atoms with Gasteiger partial charge in [-0.05, 0) is 36.8 Å². The molecule has 2 saturated heterocycles. The van der Waals surface area contributed by atoms with Gasteiger partial charge >= 0.3 is 6.09 Å². The zero-order chi connectivity index (χ0) is 24.6. The third-order valence-corrected chi connectivity index (χ3v) is 7.76. The van der Waals surface area contributed by atoms with Crippen molar-refractivity contribution in [3.8, 4) is 5.88 Å². The summed E-state index contributed by atoms with van der Waals surface area (Å²) in [4.78, 5) is 38.3. The Bertz CT molecular complexity index is 1340. The van der Waals surface area contributed by atoms with Gasteiger partial charge in [-0.15, -0.1) is 11.8 Å². The minimum Gasteiger partial charge on any atom is -0.481 e. The van der Waals surface area contributed by atoms with Crippen LogP contribution in [0.25, 0.3) is 11.0 Å². The van der Waals surface area contributed by atoms with Crippen molar-refractivity contribution in [2.24, 2.45) is 0 Å². The molecular formula is C25H26N6O4S. The molecule has 0 aliphatic carbocycles. The standard InChI is InChI=1S/C25H26N6O4S/c1-34-23-5-3-18-24(29-23)20(6-8-26-18)30-9-7-15(12-30)27-11-17-13-31(25(33)35-17)16-2-4-21-19(10-16)28-22(32)14-36-21/h2-6,8,10,15,17,27H,7,9,11-14H2,1H3,(H,28,32)/t15-,17-/m1/s1. The Hall–Kier alpha value is -3.57. The fourth-order valence-corrected chi connectivity index (χ4v) is 5.67. The van der Waals surface area contributed by atoms with Crippen molar-refractivity contribution in [2.45, 2.75) is 23.5 Å². The summed E-state index contributed by atoms with van der Waals surface area (Å²) in [6, 6.07) is 11.7. The number of nitrogens with zero attached hydrogens (tertiary/aromatic N) is 4. The zero-order valence-electron chi connectivity index (χ0n) is 19.8. The van der Waals surface area contributed by atoms with Crippen LogP contribution in [0.5, 0.6) is 5.88 Å². The Balaban J connectivity index is 1.07. The second kappa shape index (κ2) is 9.47. The number of cyclic esters (lactones) is 1. The largest absolute Gasteiger partial charge is 0.481 e. The number of thioether (sulfide) groups is 1. The highest BCUT2D eigenvalue weighted by molar-refractivity contribution is 8.00. The van der Waals surface area contributed by atoms with E-state index in [1.807, 2.05) is 42.6 Å². The number of methoxy groups -OCH3 is 1. The Morgan fingerprint density at radius 3 is 3.03 bits per heavy atom. The number of benzene rings is 1. The van der Waals surface area contributed by atoms with Gasteiger partial charge in [-0.2, -0.15) is 0 Å². The molecule has 0 radical (unpaired) electrons. The second-order valence-electron chi connectivity index (χ2n) is 9.02. The molecule has 3 aliphatic heterocycles. The van der Waals surface area contributed by atoms with E-state index in [9.17, 15) is 9.59 Å². The molecule has 0 bridgehead atoms. The number of pyridine rings is 2. The molecule has 5 heterocycles. The van der Waals surface area contributed by atoms with Crippen LogP contribution in [0.1, 0.15) is 6.42 Å². The molecule has 10 nitrogen and oxygen atoms in total. The van der Waals surface area contributed by atoms with E-state index in [-0.39, 0.29) is 24.1 Å². The normalized spacial score (nSPS) is 21.5. The number of carbonyl (C=O) groups excluding carboxylic acids is 2. The number of carbonyl (C=O) groups is 2. The monoisotopic (exact) mass is 506 g/mol. The summed E-state index contributed by atoms with van der Waals surface area (Å²) < 4.78 is 10.9. The van der Waals surface area contributed by atoms with Crippen LogP contribution in [0.2, 0.25) is 0 Å². The summed E-state index contributed by atoms with van der Waals surface area (Å²) >= 11 is 1.50. The number of aromatic nitrogens is 2. The first-order valence-corrected chi connectivity index (χ1v) is 12.9.